The molecule has 0 N–H and O–H groups in total. The molecule has 0 aromatic carbocycles. The van der Waals surface area contributed by atoms with Crippen LogP contribution in [-0.4, -0.2) is 37.3 Å². The van der Waals surface area contributed by atoms with Gasteiger partial charge in [-0.1, -0.05) is 6.42 Å². The van der Waals surface area contributed by atoms with Crippen molar-refractivity contribution >= 4 is 19.7 Å². The van der Waals surface area contributed by atoms with Crippen molar-refractivity contribution in [2.24, 2.45) is 0 Å². The maximum absolute atomic E-state index is 5.49. The third-order valence-electron chi connectivity index (χ3n) is 2.25. The molecule has 0 saturated carbocycles. The Kier molecular flexibility index (Phi) is 3.61. The third-order valence-corrected chi connectivity index (χ3v) is 6.52. The molecule has 60 valence electrons. The lowest BCUT2D eigenvalue weighted by molar-refractivity contribution is 0.321. The molecule has 1 unspecified atom stereocenters. The van der Waals surface area contributed by atoms with Crippen molar-refractivity contribution in [3.8, 4) is 0 Å². The molecule has 4 heteroatoms. The fraction of sp³-hybridized carbons (Fsp3) is 1.00. The molecular weight excluding hydrogens is 158 g/mol. The second kappa shape index (κ2) is 4.28. The lowest BCUT2D eigenvalue weighted by Crippen LogP contribution is -2.42. The highest BCUT2D eigenvalue weighted by molar-refractivity contribution is 6.51. The van der Waals surface area contributed by atoms with Crippen molar-refractivity contribution in [2.45, 2.75) is 25.8 Å². The van der Waals surface area contributed by atoms with E-state index in [-0.39, 0.29) is 0 Å². The first kappa shape index (κ1) is 8.45. The Hall–Kier alpha value is 0.354. The molecule has 0 bridgehead atoms. The van der Waals surface area contributed by atoms with Gasteiger partial charge >= 0.3 is 0 Å². The fourth-order valence-electron chi connectivity index (χ4n) is 1.43. The normalized spacial score (nSPS) is 24.9. The average Bonchev–Trinajstić information content (AvgIpc) is 2.05. The van der Waals surface area contributed by atoms with E-state index < -0.39 is 9.20 Å². The summed E-state index contributed by atoms with van der Waals surface area (Å²) in [6, 6.07) is 0. The fourth-order valence-corrected chi connectivity index (χ4v) is 3.72. The summed E-state index contributed by atoms with van der Waals surface area (Å²) in [6.45, 7) is 4.89. The minimum absolute atomic E-state index is 0.868. The monoisotopic (exact) mass is 175 g/mol. The number of hydrogen-bond donors (Lipinski definition) is 0. The van der Waals surface area contributed by atoms with Crippen molar-refractivity contribution in [3.05, 3.63) is 0 Å². The summed E-state index contributed by atoms with van der Waals surface area (Å²) >= 11 is 0. The molecule has 1 saturated heterocycles. The predicted octanol–water partition coefficient (Wildman–Crippen LogP) is -0.380. The first-order valence-corrected chi connectivity index (χ1v) is 7.07. The van der Waals surface area contributed by atoms with E-state index in [4.69, 9.17) is 4.12 Å². The zero-order valence-electron chi connectivity index (χ0n) is 6.97. The number of piperidine rings is 1. The van der Waals surface area contributed by atoms with Crippen LogP contribution in [0.2, 0.25) is 6.55 Å². The second-order valence-electron chi connectivity index (χ2n) is 2.93. The molecule has 1 heterocycles. The van der Waals surface area contributed by atoms with Gasteiger partial charge in [0.1, 0.15) is 10.5 Å². The Balaban J connectivity index is 2.24. The van der Waals surface area contributed by atoms with Gasteiger partial charge in [0.2, 0.25) is 9.20 Å². The first-order valence-electron chi connectivity index (χ1n) is 4.11. The van der Waals surface area contributed by atoms with E-state index >= 15 is 0 Å². The lowest BCUT2D eigenvalue weighted by Gasteiger charge is -2.30. The van der Waals surface area contributed by atoms with Gasteiger partial charge in [-0.15, -0.1) is 0 Å². The first-order chi connectivity index (χ1) is 4.84. The van der Waals surface area contributed by atoms with Gasteiger partial charge in [-0.3, -0.25) is 0 Å². The van der Waals surface area contributed by atoms with E-state index in [0.717, 1.165) is 10.5 Å². The quantitative estimate of drug-likeness (QED) is 0.531. The summed E-state index contributed by atoms with van der Waals surface area (Å²) in [7, 11) is 0.0589. The zero-order valence-corrected chi connectivity index (χ0v) is 10.1. The number of hydrogen-bond acceptors (Lipinski definition) is 2. The summed E-state index contributed by atoms with van der Waals surface area (Å²) in [6.07, 6.45) is 4.21. The van der Waals surface area contributed by atoms with Crippen molar-refractivity contribution < 1.29 is 4.12 Å². The molecular formula is C6H17NOSi2. The van der Waals surface area contributed by atoms with Crippen molar-refractivity contribution in [2.75, 3.05) is 13.1 Å². The van der Waals surface area contributed by atoms with Crippen LogP contribution in [0.1, 0.15) is 19.3 Å². The van der Waals surface area contributed by atoms with Gasteiger partial charge in [-0.25, -0.2) is 0 Å². The molecule has 10 heavy (non-hydrogen) atoms. The van der Waals surface area contributed by atoms with Gasteiger partial charge in [-0.2, -0.15) is 0 Å². The molecule has 1 aliphatic rings. The molecule has 0 aromatic rings. The van der Waals surface area contributed by atoms with Gasteiger partial charge in [0.25, 0.3) is 0 Å². The van der Waals surface area contributed by atoms with E-state index in [1.54, 1.807) is 0 Å². The predicted molar refractivity (Wildman–Crippen MR) is 49.5 cm³/mol. The van der Waals surface area contributed by atoms with Crippen molar-refractivity contribution in [1.29, 1.82) is 0 Å². The summed E-state index contributed by atoms with van der Waals surface area (Å²) in [5.74, 6) is 0. The van der Waals surface area contributed by atoms with Crippen LogP contribution in [0.25, 0.3) is 0 Å². The number of nitrogens with zero attached hydrogens (tertiary/aromatic N) is 1. The van der Waals surface area contributed by atoms with Gasteiger partial charge in [0.05, 0.1) is 0 Å². The van der Waals surface area contributed by atoms with Gasteiger partial charge in [-0.05, 0) is 32.5 Å². The van der Waals surface area contributed by atoms with Crippen LogP contribution in [0.5, 0.6) is 0 Å². The third kappa shape index (κ3) is 2.19. The van der Waals surface area contributed by atoms with Crippen LogP contribution in [0.4, 0.5) is 0 Å². The van der Waals surface area contributed by atoms with Gasteiger partial charge < -0.3 is 8.68 Å². The van der Waals surface area contributed by atoms with Crippen LogP contribution < -0.4 is 0 Å². The van der Waals surface area contributed by atoms with Crippen LogP contribution in [0.3, 0.4) is 0 Å². The average molecular weight is 175 g/mol. The van der Waals surface area contributed by atoms with E-state index in [2.05, 4.69) is 11.1 Å². The van der Waals surface area contributed by atoms with E-state index in [9.17, 15) is 0 Å². The SMILES string of the molecule is C[SiH](O[SiH3])N1CCCCC1. The van der Waals surface area contributed by atoms with Crippen molar-refractivity contribution in [3.63, 3.8) is 0 Å². The summed E-state index contributed by atoms with van der Waals surface area (Å²) in [5.41, 5.74) is 0. The molecule has 0 aromatic heterocycles. The Morgan fingerprint density at radius 3 is 2.40 bits per heavy atom. The molecule has 0 spiro atoms. The number of rotatable bonds is 2. The van der Waals surface area contributed by atoms with E-state index in [1.807, 2.05) is 0 Å². The second-order valence-corrected chi connectivity index (χ2v) is 6.75. The molecule has 1 rings (SSSR count). The largest absolute Gasteiger partial charge is 0.455 e. The molecule has 1 atom stereocenters. The van der Waals surface area contributed by atoms with Gasteiger partial charge in [0.15, 0.2) is 0 Å². The highest BCUT2D eigenvalue weighted by atomic mass is 28.3. The Morgan fingerprint density at radius 1 is 1.30 bits per heavy atom. The zero-order chi connectivity index (χ0) is 7.40. The smallest absolute Gasteiger partial charge is 0.240 e. The highest BCUT2D eigenvalue weighted by Crippen LogP contribution is 2.09. The summed E-state index contributed by atoms with van der Waals surface area (Å²) < 4.78 is 8.06. The van der Waals surface area contributed by atoms with Crippen LogP contribution in [-0.2, 0) is 4.12 Å². The molecule has 0 amide bonds. The van der Waals surface area contributed by atoms with E-state index in [0.29, 0.717) is 0 Å². The van der Waals surface area contributed by atoms with Crippen LogP contribution >= 0.6 is 0 Å². The molecule has 2 nitrogen and oxygen atoms in total. The molecule has 0 aliphatic carbocycles. The summed E-state index contributed by atoms with van der Waals surface area (Å²) in [5, 5.41) is 0. The van der Waals surface area contributed by atoms with E-state index in [1.165, 1.54) is 32.4 Å². The van der Waals surface area contributed by atoms with Crippen LogP contribution in [0, 0.1) is 0 Å². The van der Waals surface area contributed by atoms with Gasteiger partial charge in [0, 0.05) is 0 Å². The Bertz CT molecular complexity index is 95.7. The topological polar surface area (TPSA) is 12.5 Å². The van der Waals surface area contributed by atoms with Crippen molar-refractivity contribution in [1.82, 2.24) is 4.57 Å². The molecule has 0 radical (unpaired) electrons. The maximum atomic E-state index is 5.49. The molecule has 1 aliphatic heterocycles. The Morgan fingerprint density at radius 2 is 1.90 bits per heavy atom. The summed E-state index contributed by atoms with van der Waals surface area (Å²) in [4.78, 5) is 0. The lowest BCUT2D eigenvalue weighted by atomic mass is 10.2. The maximum Gasteiger partial charge on any atom is 0.240 e. The highest BCUT2D eigenvalue weighted by Gasteiger charge is 2.16. The van der Waals surface area contributed by atoms with Crippen LogP contribution in [0.15, 0.2) is 0 Å². The molecule has 1 fully saturated rings. The minimum Gasteiger partial charge on any atom is -0.455 e. The minimum atomic E-state index is -0.868. The Labute approximate surface area is 67.9 Å². The standard InChI is InChI=1S/C6H17NOSi2/c1-10(8-9)7-5-3-2-4-6-7/h10H,2-6H2,1,9H3.